The number of rotatable bonds is 14. The number of fused-ring (bicyclic) bond motifs is 1. The Morgan fingerprint density at radius 3 is 1.92 bits per heavy atom. The molecule has 142 valence electrons. The van der Waals surface area contributed by atoms with Crippen molar-refractivity contribution in [2.24, 2.45) is 0 Å². The van der Waals surface area contributed by atoms with E-state index >= 15 is 0 Å². The summed E-state index contributed by atoms with van der Waals surface area (Å²) >= 11 is 0. The molecule has 0 aromatic heterocycles. The van der Waals surface area contributed by atoms with E-state index in [0.717, 1.165) is 0 Å². The van der Waals surface area contributed by atoms with Crippen LogP contribution in [0.5, 0.6) is 0 Å². The highest BCUT2D eigenvalue weighted by molar-refractivity contribution is 5.82. The van der Waals surface area contributed by atoms with E-state index in [1.165, 1.54) is 99.8 Å². The normalized spacial score (nSPS) is 11.6. The van der Waals surface area contributed by atoms with Crippen LogP contribution in [0.1, 0.15) is 89.5 Å². The summed E-state index contributed by atoms with van der Waals surface area (Å²) in [5.41, 5.74) is 1.50. The van der Waals surface area contributed by atoms with Crippen LogP contribution in [-0.2, 0) is 6.42 Å². The van der Waals surface area contributed by atoms with Crippen LogP contribution < -0.4 is 0 Å². The molecule has 0 amide bonds. The van der Waals surface area contributed by atoms with Crippen LogP contribution >= 0.6 is 0 Å². The first-order chi connectivity index (χ1) is 12.9. The number of unbranched alkanes of at least 4 members (excludes halogenated alkanes) is 10. The van der Waals surface area contributed by atoms with Crippen molar-refractivity contribution in [1.29, 1.82) is 0 Å². The smallest absolute Gasteiger partial charge is 0.0181 e. The van der Waals surface area contributed by atoms with Gasteiger partial charge in [0.15, 0.2) is 0 Å². The standard InChI is InChI=1S/C26H38/c1-2-3-4-5-6-7-8-9-10-11-12-13-14-15-18-24-21-22-25-19-16-17-20-26(25)23-24/h3-4,16-17,19-23H,2,5-15,18H2,1H3/b4-3+. The molecule has 0 aliphatic heterocycles. The van der Waals surface area contributed by atoms with Gasteiger partial charge in [0.2, 0.25) is 0 Å². The van der Waals surface area contributed by atoms with E-state index in [0.29, 0.717) is 0 Å². The maximum atomic E-state index is 2.37. The molecular formula is C26H38. The monoisotopic (exact) mass is 350 g/mol. The van der Waals surface area contributed by atoms with Gasteiger partial charge in [-0.05, 0) is 48.4 Å². The molecule has 0 heteroatoms. The Balaban J connectivity index is 1.41. The molecule has 0 aliphatic rings. The fourth-order valence-electron chi connectivity index (χ4n) is 3.68. The topological polar surface area (TPSA) is 0 Å². The summed E-state index contributed by atoms with van der Waals surface area (Å²) in [6.07, 6.45) is 22.4. The summed E-state index contributed by atoms with van der Waals surface area (Å²) in [5, 5.41) is 2.74. The van der Waals surface area contributed by atoms with E-state index in [1.54, 1.807) is 0 Å². The van der Waals surface area contributed by atoms with Crippen LogP contribution in [0.4, 0.5) is 0 Å². The van der Waals surface area contributed by atoms with E-state index in [-0.39, 0.29) is 0 Å². The third-order valence-electron chi connectivity index (χ3n) is 5.30. The van der Waals surface area contributed by atoms with Gasteiger partial charge in [-0.2, -0.15) is 0 Å². The predicted octanol–water partition coefficient (Wildman–Crippen LogP) is 8.64. The zero-order valence-corrected chi connectivity index (χ0v) is 16.9. The zero-order chi connectivity index (χ0) is 18.3. The van der Waals surface area contributed by atoms with Crippen LogP contribution in [0, 0.1) is 0 Å². The molecule has 2 aromatic rings. The summed E-state index contributed by atoms with van der Waals surface area (Å²) in [7, 11) is 0. The van der Waals surface area contributed by atoms with E-state index < -0.39 is 0 Å². The first kappa shape index (κ1) is 20.7. The minimum absolute atomic E-state index is 1.18. The van der Waals surface area contributed by atoms with Gasteiger partial charge < -0.3 is 0 Å². The van der Waals surface area contributed by atoms with Crippen molar-refractivity contribution in [3.05, 3.63) is 60.2 Å². The van der Waals surface area contributed by atoms with Gasteiger partial charge in [-0.25, -0.2) is 0 Å². The number of allylic oxidation sites excluding steroid dienone is 2. The summed E-state index contributed by atoms with van der Waals surface area (Å²) in [5.74, 6) is 0. The number of hydrogen-bond donors (Lipinski definition) is 0. The van der Waals surface area contributed by atoms with Gasteiger partial charge in [0.25, 0.3) is 0 Å². The van der Waals surface area contributed by atoms with Crippen molar-refractivity contribution in [2.75, 3.05) is 0 Å². The molecule has 0 N–H and O–H groups in total. The first-order valence-electron chi connectivity index (χ1n) is 11.0. The molecule has 0 saturated carbocycles. The van der Waals surface area contributed by atoms with E-state index in [4.69, 9.17) is 0 Å². The van der Waals surface area contributed by atoms with Crippen molar-refractivity contribution in [2.45, 2.75) is 90.4 Å². The molecule has 0 aliphatic carbocycles. The van der Waals surface area contributed by atoms with Gasteiger partial charge in [0, 0.05) is 0 Å². The molecule has 26 heavy (non-hydrogen) atoms. The minimum atomic E-state index is 1.18. The predicted molar refractivity (Wildman–Crippen MR) is 118 cm³/mol. The Morgan fingerprint density at radius 1 is 0.615 bits per heavy atom. The third-order valence-corrected chi connectivity index (χ3v) is 5.30. The van der Waals surface area contributed by atoms with Crippen molar-refractivity contribution < 1.29 is 0 Å². The molecule has 0 bridgehead atoms. The molecule has 2 aromatic carbocycles. The number of hydrogen-bond acceptors (Lipinski definition) is 0. The number of benzene rings is 2. The molecule has 0 nitrogen and oxygen atoms in total. The van der Waals surface area contributed by atoms with Crippen LogP contribution in [0.3, 0.4) is 0 Å². The third kappa shape index (κ3) is 8.70. The highest BCUT2D eigenvalue weighted by Crippen LogP contribution is 2.18. The molecule has 0 fully saturated rings. The average Bonchev–Trinajstić information content (AvgIpc) is 2.68. The molecular weight excluding hydrogens is 312 g/mol. The summed E-state index contributed by atoms with van der Waals surface area (Å²) in [6, 6.07) is 15.6. The SMILES string of the molecule is CC/C=C/CCCCCCCCCCCCc1ccc2ccccc2c1. The molecule has 0 unspecified atom stereocenters. The minimum Gasteiger partial charge on any atom is -0.0888 e. The maximum absolute atomic E-state index is 2.37. The van der Waals surface area contributed by atoms with Gasteiger partial charge in [-0.1, -0.05) is 113 Å². The lowest BCUT2D eigenvalue weighted by Crippen LogP contribution is -1.87. The zero-order valence-electron chi connectivity index (χ0n) is 16.9. The van der Waals surface area contributed by atoms with Crippen molar-refractivity contribution in [1.82, 2.24) is 0 Å². The highest BCUT2D eigenvalue weighted by atomic mass is 14.0. The van der Waals surface area contributed by atoms with E-state index in [9.17, 15) is 0 Å². The molecule has 0 spiro atoms. The molecule has 0 heterocycles. The second-order valence-corrected chi connectivity index (χ2v) is 7.64. The average molecular weight is 351 g/mol. The van der Waals surface area contributed by atoms with Crippen molar-refractivity contribution >= 4 is 10.8 Å². The maximum Gasteiger partial charge on any atom is -0.0181 e. The molecule has 2 rings (SSSR count). The Labute approximate surface area is 161 Å². The Bertz CT molecular complexity index is 623. The van der Waals surface area contributed by atoms with E-state index in [1.807, 2.05) is 0 Å². The second-order valence-electron chi connectivity index (χ2n) is 7.64. The van der Waals surface area contributed by atoms with Crippen LogP contribution in [0.2, 0.25) is 0 Å². The quantitative estimate of drug-likeness (QED) is 0.236. The largest absolute Gasteiger partial charge is 0.0888 e. The lowest BCUT2D eigenvalue weighted by Gasteiger charge is -2.05. The Kier molecular flexibility index (Phi) is 10.9. The van der Waals surface area contributed by atoms with Gasteiger partial charge in [0.1, 0.15) is 0 Å². The fourth-order valence-corrected chi connectivity index (χ4v) is 3.68. The number of aryl methyl sites for hydroxylation is 1. The summed E-state index contributed by atoms with van der Waals surface area (Å²) in [4.78, 5) is 0. The van der Waals surface area contributed by atoms with Gasteiger partial charge in [-0.3, -0.25) is 0 Å². The summed E-state index contributed by atoms with van der Waals surface area (Å²) < 4.78 is 0. The molecule has 0 saturated heterocycles. The van der Waals surface area contributed by atoms with Gasteiger partial charge >= 0.3 is 0 Å². The fraction of sp³-hybridized carbons (Fsp3) is 0.538. The van der Waals surface area contributed by atoms with Crippen molar-refractivity contribution in [3.8, 4) is 0 Å². The lowest BCUT2D eigenvalue weighted by molar-refractivity contribution is 0.552. The Hall–Kier alpha value is -1.56. The van der Waals surface area contributed by atoms with Gasteiger partial charge in [-0.15, -0.1) is 0 Å². The van der Waals surface area contributed by atoms with Crippen LogP contribution in [0.25, 0.3) is 10.8 Å². The lowest BCUT2D eigenvalue weighted by atomic mass is 10.0. The van der Waals surface area contributed by atoms with Crippen LogP contribution in [0.15, 0.2) is 54.6 Å². The molecule has 0 radical (unpaired) electrons. The van der Waals surface area contributed by atoms with Crippen molar-refractivity contribution in [3.63, 3.8) is 0 Å². The summed E-state index contributed by atoms with van der Waals surface area (Å²) in [6.45, 7) is 2.21. The Morgan fingerprint density at radius 2 is 1.23 bits per heavy atom. The van der Waals surface area contributed by atoms with Gasteiger partial charge in [0.05, 0.1) is 0 Å². The van der Waals surface area contributed by atoms with Crippen LogP contribution in [-0.4, -0.2) is 0 Å². The second kappa shape index (κ2) is 13.6. The molecule has 0 atom stereocenters. The van der Waals surface area contributed by atoms with E-state index in [2.05, 4.69) is 61.5 Å². The first-order valence-corrected chi connectivity index (χ1v) is 11.0. The highest BCUT2D eigenvalue weighted by Gasteiger charge is 1.97.